The van der Waals surface area contributed by atoms with Crippen LogP contribution in [0.4, 0.5) is 0 Å². The van der Waals surface area contributed by atoms with Crippen molar-refractivity contribution < 1.29 is 19.5 Å². The molecule has 72 valence electrons. The van der Waals surface area contributed by atoms with Crippen LogP contribution in [0, 0.1) is 0 Å². The van der Waals surface area contributed by atoms with Gasteiger partial charge in [-0.15, -0.1) is 12.6 Å². The Bertz CT molecular complexity index is 277. The molecule has 0 amide bonds. The molecule has 0 fully saturated rings. The van der Waals surface area contributed by atoms with E-state index in [1.54, 1.807) is 0 Å². The van der Waals surface area contributed by atoms with E-state index >= 15 is 0 Å². The van der Waals surface area contributed by atoms with Gasteiger partial charge in [0.1, 0.15) is 4.32 Å². The molecule has 0 saturated carbocycles. The third-order valence-electron chi connectivity index (χ3n) is 1.87. The van der Waals surface area contributed by atoms with Gasteiger partial charge in [0.25, 0.3) is 0 Å². The van der Waals surface area contributed by atoms with Crippen molar-refractivity contribution in [1.82, 2.24) is 4.90 Å². The Morgan fingerprint density at radius 3 is 2.36 bits per heavy atom. The fourth-order valence-corrected chi connectivity index (χ4v) is 1.52. The second-order valence-corrected chi connectivity index (χ2v) is 3.90. The van der Waals surface area contributed by atoms with E-state index in [4.69, 9.17) is 12.2 Å². The largest absolute Gasteiger partial charge is 0.354 e. The molecule has 1 aromatic rings. The van der Waals surface area contributed by atoms with Crippen LogP contribution >= 0.6 is 24.8 Å². The van der Waals surface area contributed by atoms with E-state index < -0.39 is 0 Å². The monoisotopic (exact) mass is 275 g/mol. The first-order valence-corrected chi connectivity index (χ1v) is 5.11. The smallest absolute Gasteiger partial charge is 0.133 e. The molecule has 0 bridgehead atoms. The Morgan fingerprint density at radius 1 is 1.36 bits per heavy atom. The summed E-state index contributed by atoms with van der Waals surface area (Å²) in [4.78, 5) is 2.05. The van der Waals surface area contributed by atoms with Gasteiger partial charge in [0.2, 0.25) is 0 Å². The quantitative estimate of drug-likeness (QED) is 0.514. The normalized spacial score (nSPS) is 9.00. The topological polar surface area (TPSA) is 3.24 Å². The number of hydrogen-bond acceptors (Lipinski definition) is 1. The number of nitrogens with zero attached hydrogens (tertiary/aromatic N) is 1. The third-order valence-corrected chi connectivity index (χ3v) is 2.41. The molecule has 0 N–H and O–H groups in total. The van der Waals surface area contributed by atoms with Gasteiger partial charge < -0.3 is 4.90 Å². The van der Waals surface area contributed by atoms with Crippen molar-refractivity contribution in [3.63, 3.8) is 0 Å². The average molecular weight is 277 g/mol. The van der Waals surface area contributed by atoms with Crippen molar-refractivity contribution in [3.05, 3.63) is 35.9 Å². The molecule has 1 rings (SSSR count). The van der Waals surface area contributed by atoms with Crippen LogP contribution in [0.15, 0.2) is 30.3 Å². The molecule has 0 radical (unpaired) electrons. The zero-order valence-electron chi connectivity index (χ0n) is 8.31. The van der Waals surface area contributed by atoms with Crippen LogP contribution in [-0.4, -0.2) is 15.8 Å². The summed E-state index contributed by atoms with van der Waals surface area (Å²) in [5.74, 6) is 0. The molecule has 0 unspecified atom stereocenters. The molecular weight excluding hydrogens is 264 g/mol. The van der Waals surface area contributed by atoms with Crippen molar-refractivity contribution in [2.45, 2.75) is 13.5 Å². The van der Waals surface area contributed by atoms with Gasteiger partial charge in [-0.25, -0.2) is 0 Å². The molecule has 4 heteroatoms. The van der Waals surface area contributed by atoms with E-state index in [-0.39, 0.29) is 19.5 Å². The first kappa shape index (κ1) is 14.1. The minimum atomic E-state index is 0. The summed E-state index contributed by atoms with van der Waals surface area (Å²) in [6, 6.07) is 10.3. The van der Waals surface area contributed by atoms with Gasteiger partial charge in [0, 0.05) is 32.6 Å². The standard InChI is InChI=1S/C10H13NS2.Zn/c1-2-11(10(12)13)8-9-6-4-3-5-7-9;/h3-7H,2,8H2,1H3,(H,12,13);. The van der Waals surface area contributed by atoms with E-state index in [1.165, 1.54) is 5.56 Å². The van der Waals surface area contributed by atoms with E-state index in [2.05, 4.69) is 31.7 Å². The second-order valence-electron chi connectivity index (χ2n) is 2.78. The third kappa shape index (κ3) is 4.54. The van der Waals surface area contributed by atoms with E-state index in [0.29, 0.717) is 4.32 Å². The fourth-order valence-electron chi connectivity index (χ4n) is 1.12. The van der Waals surface area contributed by atoms with Gasteiger partial charge in [-0.1, -0.05) is 42.5 Å². The molecule has 0 aliphatic carbocycles. The van der Waals surface area contributed by atoms with Gasteiger partial charge >= 0.3 is 0 Å². The second kappa shape index (κ2) is 7.38. The predicted octanol–water partition coefficient (Wildman–Crippen LogP) is 2.72. The Morgan fingerprint density at radius 2 is 1.93 bits per heavy atom. The van der Waals surface area contributed by atoms with Crippen molar-refractivity contribution >= 4 is 29.2 Å². The zero-order valence-corrected chi connectivity index (χ0v) is 13.0. The maximum Gasteiger partial charge on any atom is 0.133 e. The van der Waals surface area contributed by atoms with Gasteiger partial charge in [0.05, 0.1) is 0 Å². The van der Waals surface area contributed by atoms with Crippen LogP contribution in [0.1, 0.15) is 12.5 Å². The van der Waals surface area contributed by atoms with E-state index in [9.17, 15) is 0 Å². The molecule has 0 atom stereocenters. The molecule has 0 heterocycles. The SMILES string of the molecule is CCN(Cc1ccccc1)C(=S)S.[Zn]. The number of thiol groups is 1. The van der Waals surface area contributed by atoms with Gasteiger partial charge in [-0.2, -0.15) is 0 Å². The van der Waals surface area contributed by atoms with Crippen LogP contribution in [-0.2, 0) is 26.0 Å². The first-order valence-electron chi connectivity index (χ1n) is 4.26. The Kier molecular flexibility index (Phi) is 7.43. The Labute approximate surface area is 109 Å². The molecule has 0 aliphatic heterocycles. The molecule has 1 aromatic carbocycles. The number of rotatable bonds is 3. The zero-order chi connectivity index (χ0) is 9.68. The minimum absolute atomic E-state index is 0. The molecule has 0 aromatic heterocycles. The van der Waals surface area contributed by atoms with Gasteiger partial charge in [-0.05, 0) is 12.5 Å². The Hall–Kier alpha value is 0.0834. The van der Waals surface area contributed by atoms with E-state index in [1.807, 2.05) is 23.1 Å². The molecule has 0 saturated heterocycles. The summed E-state index contributed by atoms with van der Waals surface area (Å²) in [6.45, 7) is 3.82. The minimum Gasteiger partial charge on any atom is -0.354 e. The number of benzene rings is 1. The van der Waals surface area contributed by atoms with Gasteiger partial charge in [0.15, 0.2) is 0 Å². The Balaban J connectivity index is 0.00000169. The van der Waals surface area contributed by atoms with Crippen molar-refractivity contribution in [1.29, 1.82) is 0 Å². The summed E-state index contributed by atoms with van der Waals surface area (Å²) in [5, 5.41) is 0. The summed E-state index contributed by atoms with van der Waals surface area (Å²) in [5.41, 5.74) is 1.26. The summed E-state index contributed by atoms with van der Waals surface area (Å²) < 4.78 is 0.659. The predicted molar refractivity (Wildman–Crippen MR) is 64.1 cm³/mol. The summed E-state index contributed by atoms with van der Waals surface area (Å²) in [6.07, 6.45) is 0. The maximum atomic E-state index is 5.01. The molecular formula is C10H13NS2Zn. The molecule has 1 nitrogen and oxygen atoms in total. The van der Waals surface area contributed by atoms with E-state index in [0.717, 1.165) is 13.1 Å². The summed E-state index contributed by atoms with van der Waals surface area (Å²) in [7, 11) is 0. The van der Waals surface area contributed by atoms with Crippen molar-refractivity contribution in [3.8, 4) is 0 Å². The van der Waals surface area contributed by atoms with Crippen LogP contribution in [0.25, 0.3) is 0 Å². The van der Waals surface area contributed by atoms with Gasteiger partial charge in [-0.3, -0.25) is 0 Å². The number of hydrogen-bond donors (Lipinski definition) is 1. The molecule has 0 aliphatic rings. The van der Waals surface area contributed by atoms with Crippen LogP contribution < -0.4 is 0 Å². The van der Waals surface area contributed by atoms with Crippen LogP contribution in [0.2, 0.25) is 0 Å². The maximum absolute atomic E-state index is 5.01. The van der Waals surface area contributed by atoms with Crippen molar-refractivity contribution in [2.75, 3.05) is 6.54 Å². The van der Waals surface area contributed by atoms with Crippen LogP contribution in [0.5, 0.6) is 0 Å². The summed E-state index contributed by atoms with van der Waals surface area (Å²) >= 11 is 9.17. The first-order chi connectivity index (χ1) is 6.24. The number of thiocarbonyl (C=S) groups is 1. The fraction of sp³-hybridized carbons (Fsp3) is 0.300. The van der Waals surface area contributed by atoms with Crippen molar-refractivity contribution in [2.24, 2.45) is 0 Å². The average Bonchev–Trinajstić information content (AvgIpc) is 2.15. The molecule has 0 spiro atoms. The van der Waals surface area contributed by atoms with Crippen LogP contribution in [0.3, 0.4) is 0 Å². The molecule has 14 heavy (non-hydrogen) atoms.